The fraction of sp³-hybridized carbons (Fsp3) is 0.222. The molecule has 0 saturated heterocycles. The molecule has 4 rings (SSSR count). The number of H-pyrrole nitrogens is 1. The van der Waals surface area contributed by atoms with Crippen LogP contribution < -0.4 is 20.3 Å². The third-order valence-corrected chi connectivity index (χ3v) is 6.19. The van der Waals surface area contributed by atoms with E-state index in [1.165, 1.54) is 0 Å². The fourth-order valence-corrected chi connectivity index (χ4v) is 4.22. The van der Waals surface area contributed by atoms with Gasteiger partial charge in [0.1, 0.15) is 0 Å². The number of aromatic nitrogens is 2. The molecule has 0 radical (unpaired) electrons. The lowest BCUT2D eigenvalue weighted by Crippen LogP contribution is -2.41. The molecule has 0 fully saturated rings. The Hall–Kier alpha value is -3.91. The third-order valence-electron chi connectivity index (χ3n) is 5.81. The Balaban J connectivity index is 1.64. The number of rotatable bonds is 8. The molecule has 2 heterocycles. The van der Waals surface area contributed by atoms with E-state index in [-0.39, 0.29) is 11.6 Å². The Morgan fingerprint density at radius 2 is 1.80 bits per heavy atom. The Labute approximate surface area is 209 Å². The minimum absolute atomic E-state index is 0.00622. The van der Waals surface area contributed by atoms with Crippen molar-refractivity contribution in [1.82, 2.24) is 20.2 Å². The molecule has 0 unspecified atom stereocenters. The first kappa shape index (κ1) is 24.2. The number of hydrogen-bond donors (Lipinski definition) is 2. The number of benzene rings is 2. The Morgan fingerprint density at radius 1 is 1.06 bits per heavy atom. The highest BCUT2D eigenvalue weighted by molar-refractivity contribution is 7.80. The molecule has 0 bridgehead atoms. The van der Waals surface area contributed by atoms with Gasteiger partial charge in [0, 0.05) is 36.0 Å². The highest BCUT2D eigenvalue weighted by Crippen LogP contribution is 2.31. The number of thiocarbonyl (C=S) groups is 1. The molecule has 0 saturated carbocycles. The number of methoxy groups -OCH3 is 2. The van der Waals surface area contributed by atoms with Crippen LogP contribution in [0.15, 0.2) is 77.9 Å². The van der Waals surface area contributed by atoms with Crippen LogP contribution in [0.1, 0.15) is 29.7 Å². The van der Waals surface area contributed by atoms with Gasteiger partial charge >= 0.3 is 0 Å². The number of hydrogen-bond acceptors (Lipinski definition) is 5. The van der Waals surface area contributed by atoms with Crippen molar-refractivity contribution >= 4 is 28.2 Å². The lowest BCUT2D eigenvalue weighted by molar-refractivity contribution is 0.355. The van der Waals surface area contributed by atoms with Crippen LogP contribution >= 0.6 is 12.2 Å². The van der Waals surface area contributed by atoms with Gasteiger partial charge in [0.05, 0.1) is 32.3 Å². The summed E-state index contributed by atoms with van der Waals surface area (Å²) in [6.45, 7) is 2.89. The SMILES string of the molecule is COc1cc2cc(CN(Cc3cccnc3)C(=S)N[C@H](C)c3ccccc3)c(=O)[nH]c2cc1OC. The summed E-state index contributed by atoms with van der Waals surface area (Å²) in [5, 5.41) is 4.81. The zero-order valence-electron chi connectivity index (χ0n) is 19.9. The van der Waals surface area contributed by atoms with Crippen LogP contribution in [0.4, 0.5) is 0 Å². The Morgan fingerprint density at radius 3 is 2.49 bits per heavy atom. The quantitative estimate of drug-likeness (QED) is 0.352. The summed E-state index contributed by atoms with van der Waals surface area (Å²) in [6.07, 6.45) is 3.54. The van der Waals surface area contributed by atoms with Crippen molar-refractivity contribution in [2.45, 2.75) is 26.1 Å². The van der Waals surface area contributed by atoms with Gasteiger partial charge in [-0.15, -0.1) is 0 Å². The summed E-state index contributed by atoms with van der Waals surface area (Å²) in [5.41, 5.74) is 3.20. The van der Waals surface area contributed by atoms with Gasteiger partial charge in [0.2, 0.25) is 0 Å². The fourth-order valence-electron chi connectivity index (χ4n) is 3.91. The van der Waals surface area contributed by atoms with Crippen molar-refractivity contribution in [3.8, 4) is 11.5 Å². The molecular weight excluding hydrogens is 460 g/mol. The van der Waals surface area contributed by atoms with Gasteiger partial charge in [-0.2, -0.15) is 0 Å². The van der Waals surface area contributed by atoms with E-state index in [9.17, 15) is 4.79 Å². The van der Waals surface area contributed by atoms with Crippen molar-refractivity contribution in [3.63, 3.8) is 0 Å². The lowest BCUT2D eigenvalue weighted by Gasteiger charge is -2.28. The number of nitrogens with one attached hydrogen (secondary N) is 2. The normalized spacial score (nSPS) is 11.6. The summed E-state index contributed by atoms with van der Waals surface area (Å²) in [7, 11) is 3.15. The molecule has 2 aromatic heterocycles. The topological polar surface area (TPSA) is 79.5 Å². The summed E-state index contributed by atoms with van der Waals surface area (Å²) < 4.78 is 10.8. The molecule has 180 valence electrons. The minimum atomic E-state index is -0.181. The first-order valence-corrected chi connectivity index (χ1v) is 11.7. The van der Waals surface area contributed by atoms with Gasteiger partial charge in [-0.1, -0.05) is 36.4 Å². The maximum absolute atomic E-state index is 13.0. The van der Waals surface area contributed by atoms with E-state index in [0.717, 1.165) is 16.5 Å². The lowest BCUT2D eigenvalue weighted by atomic mass is 10.1. The second kappa shape index (κ2) is 11.0. The van der Waals surface area contributed by atoms with Crippen LogP contribution in [0.2, 0.25) is 0 Å². The summed E-state index contributed by atoms with van der Waals surface area (Å²) in [4.78, 5) is 22.2. The van der Waals surface area contributed by atoms with Gasteiger partial charge in [0.15, 0.2) is 16.6 Å². The van der Waals surface area contributed by atoms with E-state index >= 15 is 0 Å². The first-order valence-electron chi connectivity index (χ1n) is 11.3. The van der Waals surface area contributed by atoms with Gasteiger partial charge in [0.25, 0.3) is 5.56 Å². The molecule has 0 aliphatic rings. The highest BCUT2D eigenvalue weighted by Gasteiger charge is 2.17. The molecular formula is C27H28N4O3S. The van der Waals surface area contributed by atoms with E-state index in [4.69, 9.17) is 21.7 Å². The summed E-state index contributed by atoms with van der Waals surface area (Å²) >= 11 is 5.81. The van der Waals surface area contributed by atoms with Crippen LogP contribution in [-0.4, -0.2) is 34.2 Å². The molecule has 0 spiro atoms. The number of aromatic amines is 1. The number of ether oxygens (including phenoxy) is 2. The molecule has 0 amide bonds. The zero-order chi connectivity index (χ0) is 24.8. The molecule has 2 N–H and O–H groups in total. The number of nitrogens with zero attached hydrogens (tertiary/aromatic N) is 2. The Kier molecular flexibility index (Phi) is 7.62. The van der Waals surface area contributed by atoms with Crippen LogP contribution in [-0.2, 0) is 13.1 Å². The van der Waals surface area contributed by atoms with E-state index in [2.05, 4.69) is 34.3 Å². The van der Waals surface area contributed by atoms with Crippen molar-refractivity contribution in [2.75, 3.05) is 14.2 Å². The monoisotopic (exact) mass is 488 g/mol. The second-order valence-electron chi connectivity index (χ2n) is 8.22. The molecule has 2 aromatic carbocycles. The molecule has 4 aromatic rings. The molecule has 0 aliphatic carbocycles. The Bertz CT molecular complexity index is 1360. The van der Waals surface area contributed by atoms with E-state index in [1.807, 2.05) is 47.4 Å². The molecule has 35 heavy (non-hydrogen) atoms. The predicted octanol–water partition coefficient (Wildman–Crippen LogP) is 4.58. The third kappa shape index (κ3) is 5.78. The number of fused-ring (bicyclic) bond motifs is 1. The van der Waals surface area contributed by atoms with Crippen molar-refractivity contribution in [1.29, 1.82) is 0 Å². The van der Waals surface area contributed by atoms with Crippen molar-refractivity contribution < 1.29 is 9.47 Å². The van der Waals surface area contributed by atoms with E-state index in [1.54, 1.807) is 32.7 Å². The highest BCUT2D eigenvalue weighted by atomic mass is 32.1. The molecule has 0 aliphatic heterocycles. The summed E-state index contributed by atoms with van der Waals surface area (Å²) in [5.74, 6) is 1.15. The average Bonchev–Trinajstić information content (AvgIpc) is 2.89. The average molecular weight is 489 g/mol. The second-order valence-corrected chi connectivity index (χ2v) is 8.60. The molecule has 8 heteroatoms. The van der Waals surface area contributed by atoms with E-state index < -0.39 is 0 Å². The number of pyridine rings is 2. The maximum atomic E-state index is 13.0. The van der Waals surface area contributed by atoms with Crippen molar-refractivity contribution in [2.24, 2.45) is 0 Å². The van der Waals surface area contributed by atoms with Crippen LogP contribution in [0.25, 0.3) is 10.9 Å². The molecule has 7 nitrogen and oxygen atoms in total. The van der Waals surface area contributed by atoms with Gasteiger partial charge < -0.3 is 24.7 Å². The summed E-state index contributed by atoms with van der Waals surface area (Å²) in [6, 6.07) is 19.5. The standard InChI is InChI=1S/C27H28N4O3S/c1-18(20-9-5-4-6-10-20)29-27(35)31(16-19-8-7-11-28-15-19)17-22-12-21-13-24(33-2)25(34-3)14-23(21)30-26(22)32/h4-15,18H,16-17H2,1-3H3,(H,29,35)(H,30,32)/t18-/m1/s1. The van der Waals surface area contributed by atoms with Crippen molar-refractivity contribution in [3.05, 3.63) is 100 Å². The predicted molar refractivity (Wildman–Crippen MR) is 142 cm³/mol. The van der Waals surface area contributed by atoms with Crippen LogP contribution in [0.3, 0.4) is 0 Å². The zero-order valence-corrected chi connectivity index (χ0v) is 20.8. The molecule has 1 atom stereocenters. The van der Waals surface area contributed by atoms with E-state index in [0.29, 0.717) is 40.8 Å². The van der Waals surface area contributed by atoms with Crippen LogP contribution in [0.5, 0.6) is 11.5 Å². The minimum Gasteiger partial charge on any atom is -0.493 e. The van der Waals surface area contributed by atoms with Gasteiger partial charge in [-0.3, -0.25) is 9.78 Å². The first-order chi connectivity index (χ1) is 17.0. The largest absolute Gasteiger partial charge is 0.493 e. The smallest absolute Gasteiger partial charge is 0.253 e. The van der Waals surface area contributed by atoms with Gasteiger partial charge in [-0.25, -0.2) is 0 Å². The maximum Gasteiger partial charge on any atom is 0.253 e. The van der Waals surface area contributed by atoms with Gasteiger partial charge in [-0.05, 0) is 48.5 Å². The van der Waals surface area contributed by atoms with Crippen LogP contribution in [0, 0.1) is 0 Å².